The van der Waals surface area contributed by atoms with Crippen LogP contribution in [0.3, 0.4) is 0 Å². The standard InChI is InChI=1S/C18H24N4O2/c1-12-11-16(17(24)19-3)21-18(20-12)22(4)13(2)5-6-14-7-9-15(23)10-8-14/h7-11,13,23H,5-6H2,1-4H3,(H,19,24). The fraction of sp³-hybridized carbons (Fsp3) is 0.389. The van der Waals surface area contributed by atoms with E-state index in [-0.39, 0.29) is 17.7 Å². The van der Waals surface area contributed by atoms with Gasteiger partial charge in [-0.15, -0.1) is 0 Å². The summed E-state index contributed by atoms with van der Waals surface area (Å²) in [6.07, 6.45) is 1.80. The molecule has 0 spiro atoms. The van der Waals surface area contributed by atoms with E-state index in [2.05, 4.69) is 22.2 Å². The summed E-state index contributed by atoms with van der Waals surface area (Å²) in [4.78, 5) is 22.6. The minimum Gasteiger partial charge on any atom is -0.508 e. The van der Waals surface area contributed by atoms with Crippen LogP contribution in [0.2, 0.25) is 0 Å². The Morgan fingerprint density at radius 1 is 1.29 bits per heavy atom. The predicted molar refractivity (Wildman–Crippen MR) is 94.5 cm³/mol. The summed E-state index contributed by atoms with van der Waals surface area (Å²) in [6.45, 7) is 3.96. The number of hydrogen-bond acceptors (Lipinski definition) is 5. The van der Waals surface area contributed by atoms with Crippen LogP contribution in [-0.4, -0.2) is 41.1 Å². The summed E-state index contributed by atoms with van der Waals surface area (Å²) in [7, 11) is 3.52. The Morgan fingerprint density at radius 2 is 1.96 bits per heavy atom. The molecule has 0 bridgehead atoms. The van der Waals surface area contributed by atoms with Gasteiger partial charge in [0.05, 0.1) is 0 Å². The fourth-order valence-electron chi connectivity index (χ4n) is 2.38. The van der Waals surface area contributed by atoms with E-state index in [1.54, 1.807) is 25.2 Å². The first-order chi connectivity index (χ1) is 11.4. The number of phenolic OH excluding ortho intramolecular Hbond substituents is 1. The first-order valence-corrected chi connectivity index (χ1v) is 7.99. The summed E-state index contributed by atoms with van der Waals surface area (Å²) in [6, 6.07) is 9.13. The average Bonchev–Trinajstić information content (AvgIpc) is 2.59. The number of anilines is 1. The maximum Gasteiger partial charge on any atom is 0.269 e. The van der Waals surface area contributed by atoms with E-state index in [1.165, 1.54) is 5.56 Å². The van der Waals surface area contributed by atoms with E-state index < -0.39 is 0 Å². The summed E-state index contributed by atoms with van der Waals surface area (Å²) < 4.78 is 0. The van der Waals surface area contributed by atoms with Crippen molar-refractivity contribution in [1.29, 1.82) is 0 Å². The van der Waals surface area contributed by atoms with Gasteiger partial charge in [0.25, 0.3) is 5.91 Å². The number of nitrogens with zero attached hydrogens (tertiary/aromatic N) is 3. The number of benzene rings is 1. The molecular weight excluding hydrogens is 304 g/mol. The maximum atomic E-state index is 11.8. The van der Waals surface area contributed by atoms with Crippen molar-refractivity contribution in [3.8, 4) is 5.75 Å². The van der Waals surface area contributed by atoms with Gasteiger partial charge in [-0.1, -0.05) is 12.1 Å². The fourth-order valence-corrected chi connectivity index (χ4v) is 2.38. The third-order valence-electron chi connectivity index (χ3n) is 4.07. The molecule has 2 aromatic rings. The molecule has 0 saturated heterocycles. The molecule has 2 rings (SSSR count). The van der Waals surface area contributed by atoms with Crippen molar-refractivity contribution >= 4 is 11.9 Å². The molecule has 24 heavy (non-hydrogen) atoms. The molecule has 1 atom stereocenters. The van der Waals surface area contributed by atoms with Gasteiger partial charge in [-0.2, -0.15) is 0 Å². The largest absolute Gasteiger partial charge is 0.508 e. The Bertz CT molecular complexity index is 701. The molecular formula is C18H24N4O2. The molecule has 6 nitrogen and oxygen atoms in total. The lowest BCUT2D eigenvalue weighted by Gasteiger charge is -2.25. The molecule has 128 valence electrons. The van der Waals surface area contributed by atoms with Gasteiger partial charge in [0.15, 0.2) is 0 Å². The number of aromatic hydroxyl groups is 1. The normalized spacial score (nSPS) is 11.8. The minimum absolute atomic E-state index is 0.207. The van der Waals surface area contributed by atoms with Gasteiger partial charge in [0, 0.05) is 25.8 Å². The van der Waals surface area contributed by atoms with Crippen molar-refractivity contribution in [3.63, 3.8) is 0 Å². The molecule has 1 aromatic carbocycles. The van der Waals surface area contributed by atoms with E-state index in [1.807, 2.05) is 31.0 Å². The smallest absolute Gasteiger partial charge is 0.269 e. The number of amides is 1. The van der Waals surface area contributed by atoms with Gasteiger partial charge in [-0.3, -0.25) is 4.79 Å². The topological polar surface area (TPSA) is 78.4 Å². The number of carbonyl (C=O) groups excluding carboxylic acids is 1. The van der Waals surface area contributed by atoms with Crippen molar-refractivity contribution in [2.24, 2.45) is 0 Å². The second-order valence-corrected chi connectivity index (χ2v) is 5.94. The third-order valence-corrected chi connectivity index (χ3v) is 4.07. The zero-order chi connectivity index (χ0) is 17.7. The predicted octanol–water partition coefficient (Wildman–Crippen LogP) is 2.31. The quantitative estimate of drug-likeness (QED) is 0.851. The van der Waals surface area contributed by atoms with Gasteiger partial charge in [0.1, 0.15) is 11.4 Å². The van der Waals surface area contributed by atoms with Crippen molar-refractivity contribution < 1.29 is 9.90 Å². The van der Waals surface area contributed by atoms with Gasteiger partial charge < -0.3 is 15.3 Å². The van der Waals surface area contributed by atoms with Crippen LogP contribution < -0.4 is 10.2 Å². The molecule has 0 aliphatic heterocycles. The zero-order valence-electron chi connectivity index (χ0n) is 14.6. The highest BCUT2D eigenvalue weighted by atomic mass is 16.3. The Morgan fingerprint density at radius 3 is 2.58 bits per heavy atom. The van der Waals surface area contributed by atoms with E-state index in [0.717, 1.165) is 18.5 Å². The highest BCUT2D eigenvalue weighted by Gasteiger charge is 2.16. The van der Waals surface area contributed by atoms with Crippen LogP contribution in [0.5, 0.6) is 5.75 Å². The number of aryl methyl sites for hydroxylation is 2. The van der Waals surface area contributed by atoms with Gasteiger partial charge in [-0.25, -0.2) is 9.97 Å². The van der Waals surface area contributed by atoms with Crippen molar-refractivity contribution in [2.45, 2.75) is 32.7 Å². The number of hydrogen-bond donors (Lipinski definition) is 2. The lowest BCUT2D eigenvalue weighted by atomic mass is 10.1. The number of nitrogens with one attached hydrogen (secondary N) is 1. The van der Waals surface area contributed by atoms with Crippen LogP contribution in [-0.2, 0) is 6.42 Å². The van der Waals surface area contributed by atoms with Crippen LogP contribution in [0, 0.1) is 6.92 Å². The molecule has 2 N–H and O–H groups in total. The molecule has 0 radical (unpaired) electrons. The van der Waals surface area contributed by atoms with Crippen LogP contribution >= 0.6 is 0 Å². The highest BCUT2D eigenvalue weighted by Crippen LogP contribution is 2.17. The Labute approximate surface area is 142 Å². The Balaban J connectivity index is 2.06. The number of carbonyl (C=O) groups is 1. The Hall–Kier alpha value is -2.63. The lowest BCUT2D eigenvalue weighted by molar-refractivity contribution is 0.0958. The van der Waals surface area contributed by atoms with Crippen LogP contribution in [0.25, 0.3) is 0 Å². The molecule has 6 heteroatoms. The second-order valence-electron chi connectivity index (χ2n) is 5.94. The van der Waals surface area contributed by atoms with E-state index in [9.17, 15) is 9.90 Å². The first-order valence-electron chi connectivity index (χ1n) is 7.99. The van der Waals surface area contributed by atoms with Crippen molar-refractivity contribution in [3.05, 3.63) is 47.3 Å². The molecule has 1 heterocycles. The summed E-state index contributed by atoms with van der Waals surface area (Å²) in [5.74, 6) is 0.609. The molecule has 1 unspecified atom stereocenters. The third kappa shape index (κ3) is 4.44. The van der Waals surface area contributed by atoms with E-state index in [4.69, 9.17) is 0 Å². The molecule has 0 aliphatic rings. The average molecular weight is 328 g/mol. The first kappa shape index (κ1) is 17.7. The summed E-state index contributed by atoms with van der Waals surface area (Å²) >= 11 is 0. The van der Waals surface area contributed by atoms with Crippen molar-refractivity contribution in [2.75, 3.05) is 19.0 Å². The van der Waals surface area contributed by atoms with Gasteiger partial charge in [-0.05, 0) is 50.5 Å². The number of aromatic nitrogens is 2. The van der Waals surface area contributed by atoms with E-state index in [0.29, 0.717) is 11.6 Å². The SMILES string of the molecule is CNC(=O)c1cc(C)nc(N(C)C(C)CCc2ccc(O)cc2)n1. The van der Waals surface area contributed by atoms with Gasteiger partial charge >= 0.3 is 0 Å². The highest BCUT2D eigenvalue weighted by molar-refractivity contribution is 5.92. The second kappa shape index (κ2) is 7.77. The molecule has 0 fully saturated rings. The molecule has 1 amide bonds. The lowest BCUT2D eigenvalue weighted by Crippen LogP contribution is -2.32. The zero-order valence-corrected chi connectivity index (χ0v) is 14.6. The van der Waals surface area contributed by atoms with Crippen LogP contribution in [0.1, 0.15) is 35.1 Å². The van der Waals surface area contributed by atoms with Crippen LogP contribution in [0.4, 0.5) is 5.95 Å². The molecule has 1 aromatic heterocycles. The molecule has 0 saturated carbocycles. The van der Waals surface area contributed by atoms with Crippen LogP contribution in [0.15, 0.2) is 30.3 Å². The summed E-state index contributed by atoms with van der Waals surface area (Å²) in [5, 5.41) is 11.9. The van der Waals surface area contributed by atoms with Crippen molar-refractivity contribution in [1.82, 2.24) is 15.3 Å². The summed E-state index contributed by atoms with van der Waals surface area (Å²) in [5.41, 5.74) is 2.30. The number of phenols is 1. The Kier molecular flexibility index (Phi) is 5.73. The monoisotopic (exact) mass is 328 g/mol. The maximum absolute atomic E-state index is 11.8. The number of rotatable bonds is 6. The minimum atomic E-state index is -0.216. The molecule has 0 aliphatic carbocycles. The van der Waals surface area contributed by atoms with E-state index >= 15 is 0 Å². The van der Waals surface area contributed by atoms with Gasteiger partial charge in [0.2, 0.25) is 5.95 Å².